The van der Waals surface area contributed by atoms with Gasteiger partial charge in [-0.05, 0) is 48.9 Å². The predicted molar refractivity (Wildman–Crippen MR) is 90.9 cm³/mol. The lowest BCUT2D eigenvalue weighted by Crippen LogP contribution is -2.24. The third-order valence-corrected chi connectivity index (χ3v) is 5.23. The van der Waals surface area contributed by atoms with Gasteiger partial charge in [-0.3, -0.25) is 0 Å². The molecule has 2 rings (SSSR count). The zero-order valence-electron chi connectivity index (χ0n) is 12.9. The van der Waals surface area contributed by atoms with Crippen LogP contribution in [-0.2, 0) is 0 Å². The van der Waals surface area contributed by atoms with Gasteiger partial charge in [0.05, 0.1) is 0 Å². The summed E-state index contributed by atoms with van der Waals surface area (Å²) in [5, 5.41) is 3.75. The van der Waals surface area contributed by atoms with Crippen molar-refractivity contribution in [3.63, 3.8) is 0 Å². The largest absolute Gasteiger partial charge is 0.310 e. The van der Waals surface area contributed by atoms with E-state index in [4.69, 9.17) is 0 Å². The van der Waals surface area contributed by atoms with Gasteiger partial charge >= 0.3 is 0 Å². The second-order valence-corrected chi connectivity index (χ2v) is 7.30. The van der Waals surface area contributed by atoms with Crippen LogP contribution in [0.5, 0.6) is 0 Å². The van der Waals surface area contributed by atoms with Gasteiger partial charge in [-0.25, -0.2) is 0 Å². The molecule has 1 saturated carbocycles. The second-order valence-electron chi connectivity index (χ2n) is 6.38. The maximum Gasteiger partial charge on any atom is 0.0318 e. The Morgan fingerprint density at radius 1 is 1.25 bits per heavy atom. The van der Waals surface area contributed by atoms with E-state index in [1.165, 1.54) is 42.1 Å². The molecule has 112 valence electrons. The summed E-state index contributed by atoms with van der Waals surface area (Å²) >= 11 is 3.57. The Morgan fingerprint density at radius 2 is 2.00 bits per heavy atom. The first-order chi connectivity index (χ1) is 9.69. The number of nitrogens with one attached hydrogen (secondary N) is 1. The molecule has 20 heavy (non-hydrogen) atoms. The molecule has 0 radical (unpaired) electrons. The standard InChI is InChI=1S/C18H28BrN/c1-3-18(16-5-4-6-17(19)13-16)20-12-11-15-9-7-14(2)8-10-15/h4-6,13-15,18,20H,3,7-12H2,1-2H3. The van der Waals surface area contributed by atoms with Crippen LogP contribution in [0, 0.1) is 11.8 Å². The van der Waals surface area contributed by atoms with Gasteiger partial charge in [0.1, 0.15) is 0 Å². The van der Waals surface area contributed by atoms with Crippen LogP contribution in [0.3, 0.4) is 0 Å². The van der Waals surface area contributed by atoms with Crippen LogP contribution >= 0.6 is 15.9 Å². The van der Waals surface area contributed by atoms with Crippen molar-refractivity contribution in [1.82, 2.24) is 5.32 Å². The Hall–Kier alpha value is -0.340. The van der Waals surface area contributed by atoms with Crippen LogP contribution in [0.1, 0.15) is 64.0 Å². The fourth-order valence-electron chi connectivity index (χ4n) is 3.30. The van der Waals surface area contributed by atoms with E-state index in [1.54, 1.807) is 0 Å². The average molecular weight is 338 g/mol. The highest BCUT2D eigenvalue weighted by Crippen LogP contribution is 2.30. The number of hydrogen-bond acceptors (Lipinski definition) is 1. The monoisotopic (exact) mass is 337 g/mol. The van der Waals surface area contributed by atoms with E-state index in [0.29, 0.717) is 6.04 Å². The molecular formula is C18H28BrN. The Bertz CT molecular complexity index is 396. The molecule has 0 heterocycles. The number of hydrogen-bond donors (Lipinski definition) is 1. The molecule has 1 atom stereocenters. The average Bonchev–Trinajstić information content (AvgIpc) is 2.45. The molecule has 0 spiro atoms. The summed E-state index contributed by atoms with van der Waals surface area (Å²) < 4.78 is 1.18. The minimum Gasteiger partial charge on any atom is -0.310 e. The Kier molecular flexibility index (Phi) is 6.57. The molecule has 1 fully saturated rings. The van der Waals surface area contributed by atoms with Crippen molar-refractivity contribution in [3.05, 3.63) is 34.3 Å². The molecule has 2 heteroatoms. The molecule has 1 unspecified atom stereocenters. The molecule has 1 nitrogen and oxygen atoms in total. The molecule has 1 N–H and O–H groups in total. The van der Waals surface area contributed by atoms with Gasteiger partial charge in [-0.1, -0.05) is 67.6 Å². The van der Waals surface area contributed by atoms with Crippen LogP contribution in [0.2, 0.25) is 0 Å². The molecule has 0 bridgehead atoms. The van der Waals surface area contributed by atoms with E-state index in [-0.39, 0.29) is 0 Å². The summed E-state index contributed by atoms with van der Waals surface area (Å²) in [4.78, 5) is 0. The lowest BCUT2D eigenvalue weighted by atomic mass is 9.81. The molecule has 0 aliphatic heterocycles. The first kappa shape index (κ1) is 16.0. The summed E-state index contributed by atoms with van der Waals surface area (Å²) in [7, 11) is 0. The predicted octanol–water partition coefficient (Wildman–Crippen LogP) is 5.71. The first-order valence-electron chi connectivity index (χ1n) is 8.18. The molecule has 0 aromatic heterocycles. The molecule has 1 aromatic rings. The van der Waals surface area contributed by atoms with Gasteiger partial charge in [-0.2, -0.15) is 0 Å². The number of halogens is 1. The van der Waals surface area contributed by atoms with Gasteiger partial charge in [0, 0.05) is 10.5 Å². The van der Waals surface area contributed by atoms with Crippen molar-refractivity contribution in [2.24, 2.45) is 11.8 Å². The van der Waals surface area contributed by atoms with E-state index in [1.807, 2.05) is 0 Å². The van der Waals surface area contributed by atoms with Crippen LogP contribution in [0.4, 0.5) is 0 Å². The summed E-state index contributed by atoms with van der Waals surface area (Å²) in [6.07, 6.45) is 8.25. The number of rotatable bonds is 6. The normalized spacial score (nSPS) is 24.6. The highest BCUT2D eigenvalue weighted by molar-refractivity contribution is 9.10. The SMILES string of the molecule is CCC(NCCC1CCC(C)CC1)c1cccc(Br)c1. The zero-order chi connectivity index (χ0) is 14.4. The molecule has 0 saturated heterocycles. The Balaban J connectivity index is 1.76. The van der Waals surface area contributed by atoms with E-state index < -0.39 is 0 Å². The van der Waals surface area contributed by atoms with Gasteiger partial charge in [0.15, 0.2) is 0 Å². The van der Waals surface area contributed by atoms with Crippen molar-refractivity contribution in [3.8, 4) is 0 Å². The van der Waals surface area contributed by atoms with Crippen LogP contribution in [0.25, 0.3) is 0 Å². The van der Waals surface area contributed by atoms with Crippen molar-refractivity contribution in [1.29, 1.82) is 0 Å². The van der Waals surface area contributed by atoms with Crippen LogP contribution < -0.4 is 5.32 Å². The van der Waals surface area contributed by atoms with E-state index in [2.05, 4.69) is 59.4 Å². The number of benzene rings is 1. The smallest absolute Gasteiger partial charge is 0.0318 e. The maximum atomic E-state index is 3.75. The van der Waals surface area contributed by atoms with Crippen molar-refractivity contribution in [2.45, 2.75) is 58.4 Å². The Labute approximate surface area is 132 Å². The summed E-state index contributed by atoms with van der Waals surface area (Å²) in [5.74, 6) is 1.92. The lowest BCUT2D eigenvalue weighted by Gasteiger charge is -2.27. The minimum atomic E-state index is 0.495. The Morgan fingerprint density at radius 3 is 2.65 bits per heavy atom. The van der Waals surface area contributed by atoms with E-state index >= 15 is 0 Å². The van der Waals surface area contributed by atoms with Crippen LogP contribution in [-0.4, -0.2) is 6.54 Å². The summed E-state index contributed by atoms with van der Waals surface area (Å²) in [6.45, 7) is 5.82. The second kappa shape index (κ2) is 8.19. The van der Waals surface area contributed by atoms with Gasteiger partial charge in [-0.15, -0.1) is 0 Å². The minimum absolute atomic E-state index is 0.495. The molecule has 1 aromatic carbocycles. The highest BCUT2D eigenvalue weighted by Gasteiger charge is 2.18. The summed E-state index contributed by atoms with van der Waals surface area (Å²) in [6, 6.07) is 9.19. The molecule has 1 aliphatic rings. The zero-order valence-corrected chi connectivity index (χ0v) is 14.5. The van der Waals surface area contributed by atoms with E-state index in [9.17, 15) is 0 Å². The molecule has 0 amide bonds. The van der Waals surface area contributed by atoms with Crippen molar-refractivity contribution < 1.29 is 0 Å². The van der Waals surface area contributed by atoms with Gasteiger partial charge < -0.3 is 5.32 Å². The van der Waals surface area contributed by atoms with Crippen molar-refractivity contribution >= 4 is 15.9 Å². The summed E-state index contributed by atoms with van der Waals surface area (Å²) in [5.41, 5.74) is 1.40. The maximum absolute atomic E-state index is 3.75. The van der Waals surface area contributed by atoms with Crippen molar-refractivity contribution in [2.75, 3.05) is 6.54 Å². The fourth-order valence-corrected chi connectivity index (χ4v) is 3.72. The van der Waals surface area contributed by atoms with Gasteiger partial charge in [0.2, 0.25) is 0 Å². The van der Waals surface area contributed by atoms with Crippen LogP contribution in [0.15, 0.2) is 28.7 Å². The van der Waals surface area contributed by atoms with Gasteiger partial charge in [0.25, 0.3) is 0 Å². The van der Waals surface area contributed by atoms with E-state index in [0.717, 1.165) is 24.8 Å². The lowest BCUT2D eigenvalue weighted by molar-refractivity contribution is 0.272. The quantitative estimate of drug-likeness (QED) is 0.701. The fraction of sp³-hybridized carbons (Fsp3) is 0.667. The topological polar surface area (TPSA) is 12.0 Å². The highest BCUT2D eigenvalue weighted by atomic mass is 79.9. The first-order valence-corrected chi connectivity index (χ1v) is 8.97. The molecular weight excluding hydrogens is 310 g/mol. The third-order valence-electron chi connectivity index (χ3n) is 4.74. The third kappa shape index (κ3) is 4.89. The molecule has 1 aliphatic carbocycles.